The summed E-state index contributed by atoms with van der Waals surface area (Å²) in [6.07, 6.45) is 4.13. The van der Waals surface area contributed by atoms with Crippen molar-refractivity contribution in [2.24, 2.45) is 22.1 Å². The Morgan fingerprint density at radius 2 is 2.00 bits per heavy atom. The number of carbonyl (C=O) groups is 3. The molecule has 0 radical (unpaired) electrons. The van der Waals surface area contributed by atoms with Crippen LogP contribution in [-0.2, 0) is 16.1 Å². The van der Waals surface area contributed by atoms with Crippen molar-refractivity contribution in [2.45, 2.75) is 32.4 Å². The van der Waals surface area contributed by atoms with Crippen LogP contribution in [0.2, 0.25) is 0 Å². The number of nitrogens with one attached hydrogen (secondary N) is 1. The number of amidine groups is 1. The molecule has 8 heteroatoms. The van der Waals surface area contributed by atoms with Gasteiger partial charge in [0, 0.05) is 19.2 Å². The number of carboxylic acids is 1. The maximum atomic E-state index is 12.8. The summed E-state index contributed by atoms with van der Waals surface area (Å²) in [6.45, 7) is 2.09. The Bertz CT molecular complexity index is 1120. The zero-order valence-corrected chi connectivity index (χ0v) is 17.1. The minimum Gasteiger partial charge on any atom is -0.480 e. The molecule has 0 bridgehead atoms. The van der Waals surface area contributed by atoms with E-state index in [-0.39, 0.29) is 13.0 Å². The van der Waals surface area contributed by atoms with E-state index < -0.39 is 35.3 Å². The maximum Gasteiger partial charge on any atom is 0.327 e. The van der Waals surface area contributed by atoms with Crippen LogP contribution in [0.3, 0.4) is 0 Å². The number of nitrogens with two attached hydrogens (primary N) is 1. The van der Waals surface area contributed by atoms with Crippen LogP contribution in [0.4, 0.5) is 4.79 Å². The van der Waals surface area contributed by atoms with Crippen LogP contribution in [0.1, 0.15) is 25.3 Å². The second-order valence-electron chi connectivity index (χ2n) is 8.37. The van der Waals surface area contributed by atoms with Gasteiger partial charge in [-0.15, -0.1) is 0 Å². The number of urea groups is 1. The lowest BCUT2D eigenvalue weighted by molar-refractivity contribution is -0.167. The molecule has 0 spiro atoms. The predicted molar refractivity (Wildman–Crippen MR) is 116 cm³/mol. The Kier molecular flexibility index (Phi) is 5.22. The normalized spacial score (nSPS) is 25.1. The summed E-state index contributed by atoms with van der Waals surface area (Å²) in [5.74, 6) is -2.04. The predicted octanol–water partition coefficient (Wildman–Crippen LogP) is 2.63. The number of rotatable bonds is 5. The molecule has 3 unspecified atom stereocenters. The van der Waals surface area contributed by atoms with Crippen molar-refractivity contribution in [2.75, 3.05) is 0 Å². The average Bonchev–Trinajstić information content (AvgIpc) is 2.73. The van der Waals surface area contributed by atoms with Crippen molar-refractivity contribution in [3.63, 3.8) is 0 Å². The van der Waals surface area contributed by atoms with Gasteiger partial charge in [-0.1, -0.05) is 55.5 Å². The summed E-state index contributed by atoms with van der Waals surface area (Å²) in [6, 6.07) is 11.6. The molecule has 0 aromatic heterocycles. The van der Waals surface area contributed by atoms with Crippen LogP contribution in [0.15, 0.2) is 59.7 Å². The van der Waals surface area contributed by atoms with E-state index in [2.05, 4.69) is 10.3 Å². The minimum absolute atomic E-state index is 0.189. The number of fused-ring (bicyclic) bond motifs is 1. The van der Waals surface area contributed by atoms with Crippen molar-refractivity contribution < 1.29 is 19.5 Å². The molecule has 2 aliphatic rings. The summed E-state index contributed by atoms with van der Waals surface area (Å²) in [5.41, 5.74) is 6.21. The van der Waals surface area contributed by atoms with Crippen molar-refractivity contribution >= 4 is 34.5 Å². The zero-order chi connectivity index (χ0) is 22.2. The van der Waals surface area contributed by atoms with Gasteiger partial charge >= 0.3 is 12.0 Å². The highest BCUT2D eigenvalue weighted by Gasteiger charge is 2.56. The first kappa shape index (κ1) is 20.6. The third-order valence-corrected chi connectivity index (χ3v) is 5.98. The first-order chi connectivity index (χ1) is 14.8. The fraction of sp³-hybridized carbons (Fsp3) is 0.304. The number of carboxylic acid groups (broad SMARTS) is 1. The van der Waals surface area contributed by atoms with Gasteiger partial charge in [0.1, 0.15) is 0 Å². The topological polar surface area (TPSA) is 125 Å². The van der Waals surface area contributed by atoms with Gasteiger partial charge in [-0.2, -0.15) is 0 Å². The van der Waals surface area contributed by atoms with Crippen LogP contribution in [0, 0.1) is 11.3 Å². The first-order valence-corrected chi connectivity index (χ1v) is 10.1. The number of benzene rings is 2. The number of aliphatic carboxylic acids is 1. The van der Waals surface area contributed by atoms with Gasteiger partial charge in [-0.05, 0) is 28.2 Å². The van der Waals surface area contributed by atoms with Gasteiger partial charge in [-0.25, -0.2) is 19.5 Å². The SMILES string of the molecule is CC1(CC2C(=O)N(C(=O)NCc3cccc4ccccc34)C2C(=O)O)C=CN=C(N)C1. The highest BCUT2D eigenvalue weighted by Crippen LogP contribution is 2.41. The lowest BCUT2D eigenvalue weighted by atomic mass is 9.71. The Hall–Kier alpha value is -3.68. The Morgan fingerprint density at radius 3 is 2.74 bits per heavy atom. The lowest BCUT2D eigenvalue weighted by Gasteiger charge is -2.45. The smallest absolute Gasteiger partial charge is 0.327 e. The third kappa shape index (κ3) is 3.88. The summed E-state index contributed by atoms with van der Waals surface area (Å²) in [7, 11) is 0. The van der Waals surface area contributed by atoms with Gasteiger partial charge in [0.05, 0.1) is 11.8 Å². The molecule has 4 N–H and O–H groups in total. The Labute approximate surface area is 179 Å². The van der Waals surface area contributed by atoms with Crippen molar-refractivity contribution in [1.29, 1.82) is 0 Å². The molecule has 3 atom stereocenters. The number of β-lactam (4-membered cyclic amide) rings is 1. The number of aliphatic imine (C=N–C) groups is 1. The van der Waals surface area contributed by atoms with E-state index in [4.69, 9.17) is 5.73 Å². The van der Waals surface area contributed by atoms with Crippen molar-refractivity contribution in [3.05, 3.63) is 60.3 Å². The molecule has 0 saturated carbocycles. The molecule has 31 heavy (non-hydrogen) atoms. The van der Waals surface area contributed by atoms with Crippen molar-refractivity contribution in [3.8, 4) is 0 Å². The van der Waals surface area contributed by atoms with Crippen LogP contribution >= 0.6 is 0 Å². The van der Waals surface area contributed by atoms with E-state index in [0.29, 0.717) is 12.3 Å². The molecule has 2 heterocycles. The van der Waals surface area contributed by atoms with Crippen molar-refractivity contribution in [1.82, 2.24) is 10.2 Å². The monoisotopic (exact) mass is 420 g/mol. The van der Waals surface area contributed by atoms with Gasteiger partial charge in [-0.3, -0.25) is 4.79 Å². The van der Waals surface area contributed by atoms with E-state index in [1.807, 2.05) is 55.5 Å². The standard InChI is InChI=1S/C23H24N4O4/c1-23(9-10-25-18(24)12-23)11-17-19(21(29)30)27(20(17)28)22(31)26-13-15-7-4-6-14-5-2-3-8-16(14)15/h2-10,17,19H,11-13H2,1H3,(H2,24,25)(H,26,31)(H,29,30). The number of amides is 3. The highest BCUT2D eigenvalue weighted by atomic mass is 16.4. The molecule has 2 aromatic carbocycles. The van der Waals surface area contributed by atoms with Gasteiger partial charge in [0.25, 0.3) is 0 Å². The average molecular weight is 420 g/mol. The second kappa shape index (κ2) is 7.86. The van der Waals surface area contributed by atoms with Gasteiger partial charge in [0.2, 0.25) is 5.91 Å². The number of carbonyl (C=O) groups excluding carboxylic acids is 2. The molecule has 160 valence electrons. The fourth-order valence-electron chi connectivity index (χ4n) is 4.43. The third-order valence-electron chi connectivity index (χ3n) is 5.98. The van der Waals surface area contributed by atoms with Crippen LogP contribution in [0.25, 0.3) is 10.8 Å². The number of nitrogens with zero attached hydrogens (tertiary/aromatic N) is 2. The van der Waals surface area contributed by atoms with Crippen LogP contribution in [0.5, 0.6) is 0 Å². The van der Waals surface area contributed by atoms with Gasteiger partial charge in [0.15, 0.2) is 6.04 Å². The zero-order valence-electron chi connectivity index (χ0n) is 17.1. The lowest BCUT2D eigenvalue weighted by Crippen LogP contribution is -2.68. The summed E-state index contributed by atoms with van der Waals surface area (Å²) in [5, 5.41) is 14.4. The number of allylic oxidation sites excluding steroid dienone is 1. The summed E-state index contributed by atoms with van der Waals surface area (Å²) in [4.78, 5) is 42.2. The van der Waals surface area contributed by atoms with Crippen LogP contribution < -0.4 is 11.1 Å². The molecule has 2 aliphatic heterocycles. The number of likely N-dealkylation sites (tertiary alicyclic amines) is 1. The molecule has 2 aromatic rings. The molecule has 3 amide bonds. The second-order valence-corrected chi connectivity index (χ2v) is 8.37. The maximum absolute atomic E-state index is 12.8. The van der Waals surface area contributed by atoms with E-state index >= 15 is 0 Å². The number of hydrogen-bond donors (Lipinski definition) is 3. The quantitative estimate of drug-likeness (QED) is 0.641. The van der Waals surface area contributed by atoms with E-state index in [9.17, 15) is 19.5 Å². The minimum atomic E-state index is -1.20. The van der Waals surface area contributed by atoms with E-state index in [0.717, 1.165) is 21.2 Å². The van der Waals surface area contributed by atoms with E-state index in [1.54, 1.807) is 6.20 Å². The number of hydrogen-bond acceptors (Lipinski definition) is 5. The van der Waals surface area contributed by atoms with Crippen LogP contribution in [-0.4, -0.2) is 39.8 Å². The Morgan fingerprint density at radius 1 is 1.26 bits per heavy atom. The highest BCUT2D eigenvalue weighted by molar-refractivity contribution is 6.07. The number of imide groups is 1. The van der Waals surface area contributed by atoms with E-state index in [1.165, 1.54) is 0 Å². The molecular weight excluding hydrogens is 396 g/mol. The largest absolute Gasteiger partial charge is 0.480 e. The van der Waals surface area contributed by atoms with Gasteiger partial charge < -0.3 is 16.2 Å². The Balaban J connectivity index is 1.46. The molecule has 0 aliphatic carbocycles. The molecular formula is C23H24N4O4. The first-order valence-electron chi connectivity index (χ1n) is 10.1. The summed E-state index contributed by atoms with van der Waals surface area (Å²) < 4.78 is 0. The molecule has 4 rings (SSSR count). The fourth-order valence-corrected chi connectivity index (χ4v) is 4.43. The molecule has 8 nitrogen and oxygen atoms in total. The summed E-state index contributed by atoms with van der Waals surface area (Å²) >= 11 is 0. The molecule has 1 saturated heterocycles. The molecule has 1 fully saturated rings.